The minimum absolute atomic E-state index is 0.276. The van der Waals surface area contributed by atoms with Crippen LogP contribution in [0.1, 0.15) is 35.1 Å². The summed E-state index contributed by atoms with van der Waals surface area (Å²) in [7, 11) is 0. The highest BCUT2D eigenvalue weighted by atomic mass is 35.5. The molecular formula is C19H16ClN3O4S. The van der Waals surface area contributed by atoms with Crippen LogP contribution in [0.4, 0.5) is 0 Å². The van der Waals surface area contributed by atoms with Gasteiger partial charge in [-0.3, -0.25) is 9.59 Å². The Balaban J connectivity index is 1.79. The molecule has 1 aliphatic heterocycles. The molecule has 0 saturated carbocycles. The maximum absolute atomic E-state index is 12.3. The highest BCUT2D eigenvalue weighted by Crippen LogP contribution is 2.39. The van der Waals surface area contributed by atoms with Gasteiger partial charge in [0, 0.05) is 18.9 Å². The summed E-state index contributed by atoms with van der Waals surface area (Å²) in [5.41, 5.74) is 1.07. The molecule has 3 rings (SSSR count). The predicted molar refractivity (Wildman–Crippen MR) is 107 cm³/mol. The number of benzene rings is 2. The number of hydrazone groups is 1. The maximum Gasteiger partial charge on any atom is 0.343 e. The van der Waals surface area contributed by atoms with Crippen molar-refractivity contribution < 1.29 is 19.1 Å². The first-order valence-electron chi connectivity index (χ1n) is 8.24. The number of hydrogen-bond acceptors (Lipinski definition) is 6. The molecule has 2 amide bonds. The number of hydrogen-bond donors (Lipinski definition) is 1. The zero-order valence-corrected chi connectivity index (χ0v) is 16.6. The minimum Gasteiger partial charge on any atom is -0.423 e. The molecule has 1 atom stereocenters. The highest BCUT2D eigenvalue weighted by Gasteiger charge is 2.32. The number of thioether (sulfide) groups is 1. The molecule has 0 aliphatic carbocycles. The molecule has 144 valence electrons. The average Bonchev–Trinajstić information content (AvgIpc) is 3.06. The van der Waals surface area contributed by atoms with Crippen molar-refractivity contribution >= 4 is 46.3 Å². The summed E-state index contributed by atoms with van der Waals surface area (Å²) in [4.78, 5) is 35.5. The number of carbonyl (C=O) groups is 3. The minimum atomic E-state index is -0.522. The lowest BCUT2D eigenvalue weighted by molar-refractivity contribution is -0.129. The molecule has 1 unspecified atom stereocenters. The van der Waals surface area contributed by atoms with Gasteiger partial charge in [0.15, 0.2) is 5.17 Å². The molecule has 7 nitrogen and oxygen atoms in total. The number of rotatable bonds is 3. The largest absolute Gasteiger partial charge is 0.423 e. The maximum atomic E-state index is 12.3. The molecule has 2 aromatic carbocycles. The molecule has 9 heteroatoms. The zero-order valence-electron chi connectivity index (χ0n) is 15.0. The van der Waals surface area contributed by atoms with Crippen LogP contribution in [0.3, 0.4) is 0 Å². The van der Waals surface area contributed by atoms with Crippen molar-refractivity contribution in [3.8, 4) is 5.75 Å². The molecule has 0 spiro atoms. The number of nitrogens with zero attached hydrogens (tertiary/aromatic N) is 2. The summed E-state index contributed by atoms with van der Waals surface area (Å²) < 4.78 is 5.43. The number of nitrogens with one attached hydrogen (secondary N) is 1. The van der Waals surface area contributed by atoms with Crippen LogP contribution < -0.4 is 10.1 Å². The molecule has 0 bridgehead atoms. The van der Waals surface area contributed by atoms with Gasteiger partial charge in [0.25, 0.3) is 0 Å². The van der Waals surface area contributed by atoms with Crippen molar-refractivity contribution in [2.24, 2.45) is 5.10 Å². The lowest BCUT2D eigenvalue weighted by Crippen LogP contribution is -2.25. The molecule has 0 saturated heterocycles. The molecule has 0 fully saturated rings. The highest BCUT2D eigenvalue weighted by molar-refractivity contribution is 8.14. The van der Waals surface area contributed by atoms with Crippen molar-refractivity contribution in [2.75, 3.05) is 0 Å². The summed E-state index contributed by atoms with van der Waals surface area (Å²) in [5.74, 6) is -0.747. The quantitative estimate of drug-likeness (QED) is 0.609. The fraction of sp³-hybridized carbons (Fsp3) is 0.158. The number of carbonyl (C=O) groups excluding carboxylic acids is 3. The van der Waals surface area contributed by atoms with Gasteiger partial charge in [0.2, 0.25) is 11.8 Å². The van der Waals surface area contributed by atoms with Crippen molar-refractivity contribution in [3.05, 3.63) is 64.7 Å². The molecule has 2 aromatic rings. The summed E-state index contributed by atoms with van der Waals surface area (Å²) in [6, 6.07) is 13.2. The molecule has 28 heavy (non-hydrogen) atoms. The lowest BCUT2D eigenvalue weighted by atomic mass is 10.2. The number of amides is 2. The van der Waals surface area contributed by atoms with E-state index in [-0.39, 0.29) is 11.8 Å². The lowest BCUT2D eigenvalue weighted by Gasteiger charge is -2.19. The first-order valence-corrected chi connectivity index (χ1v) is 9.49. The second-order valence-electron chi connectivity index (χ2n) is 5.89. The zero-order chi connectivity index (χ0) is 20.3. The number of amidine groups is 1. The van der Waals surface area contributed by atoms with Crippen LogP contribution in [0.2, 0.25) is 5.02 Å². The average molecular weight is 418 g/mol. The van der Waals surface area contributed by atoms with Crippen LogP contribution in [-0.4, -0.2) is 28.0 Å². The van der Waals surface area contributed by atoms with Gasteiger partial charge in [0.1, 0.15) is 11.1 Å². The van der Waals surface area contributed by atoms with E-state index in [1.54, 1.807) is 48.5 Å². The van der Waals surface area contributed by atoms with Crippen molar-refractivity contribution in [2.45, 2.75) is 19.2 Å². The molecule has 1 heterocycles. The Labute approximate surface area is 170 Å². The summed E-state index contributed by atoms with van der Waals surface area (Å²) >= 11 is 7.05. The van der Waals surface area contributed by atoms with E-state index in [4.69, 9.17) is 16.3 Å². The Bertz CT molecular complexity index is 962. The van der Waals surface area contributed by atoms with Crippen molar-refractivity contribution in [1.82, 2.24) is 10.3 Å². The Morgan fingerprint density at radius 2 is 1.86 bits per heavy atom. The third kappa shape index (κ3) is 4.71. The van der Waals surface area contributed by atoms with Crippen LogP contribution in [-0.2, 0) is 9.59 Å². The topological polar surface area (TPSA) is 88.1 Å². The molecular weight excluding hydrogens is 402 g/mol. The first-order chi connectivity index (χ1) is 13.3. The van der Waals surface area contributed by atoms with E-state index in [9.17, 15) is 14.4 Å². The SMILES string of the molecule is CC(=O)NC1=NN(C(C)=O)C(c2cccc(OC(=O)c3ccc(Cl)cc3)c2)S1. The van der Waals surface area contributed by atoms with E-state index in [2.05, 4.69) is 10.4 Å². The smallest absolute Gasteiger partial charge is 0.343 e. The first kappa shape index (κ1) is 19.9. The molecule has 0 aromatic heterocycles. The number of halogens is 1. The second-order valence-corrected chi connectivity index (χ2v) is 7.39. The van der Waals surface area contributed by atoms with Crippen molar-refractivity contribution in [1.29, 1.82) is 0 Å². The van der Waals surface area contributed by atoms with Gasteiger partial charge in [-0.2, -0.15) is 0 Å². The fourth-order valence-electron chi connectivity index (χ4n) is 2.46. The summed E-state index contributed by atoms with van der Waals surface area (Å²) in [6.45, 7) is 2.75. The normalized spacial score (nSPS) is 15.8. The van der Waals surface area contributed by atoms with Gasteiger partial charge in [-0.15, -0.1) is 5.10 Å². The van der Waals surface area contributed by atoms with Crippen molar-refractivity contribution in [3.63, 3.8) is 0 Å². The number of esters is 1. The van der Waals surface area contributed by atoms with E-state index in [1.165, 1.54) is 30.6 Å². The van der Waals surface area contributed by atoms with Crippen LogP contribution in [0, 0.1) is 0 Å². The standard InChI is InChI=1S/C19H16ClN3O4S/c1-11(24)21-19-22-23(12(2)25)17(28-19)14-4-3-5-16(10-14)27-18(26)13-6-8-15(20)9-7-13/h3-10,17H,1-2H3,(H,21,22,24). The van der Waals surface area contributed by atoms with E-state index < -0.39 is 11.3 Å². The fourth-order valence-corrected chi connectivity index (χ4v) is 3.72. The number of ether oxygens (including phenoxy) is 1. The Kier molecular flexibility index (Phi) is 6.01. The molecule has 1 N–H and O–H groups in total. The van der Waals surface area contributed by atoms with E-state index in [1.807, 2.05) is 0 Å². The molecule has 0 radical (unpaired) electrons. The van der Waals surface area contributed by atoms with E-state index >= 15 is 0 Å². The second kappa shape index (κ2) is 8.45. The van der Waals surface area contributed by atoms with Gasteiger partial charge < -0.3 is 10.1 Å². The Morgan fingerprint density at radius 3 is 2.50 bits per heavy atom. The predicted octanol–water partition coefficient (Wildman–Crippen LogP) is 3.56. The Hall–Kier alpha value is -2.84. The van der Waals surface area contributed by atoms with Gasteiger partial charge in [-0.1, -0.05) is 35.5 Å². The summed E-state index contributed by atoms with van der Waals surface area (Å²) in [5, 5.41) is 8.38. The van der Waals surface area contributed by atoms with E-state index in [0.29, 0.717) is 27.1 Å². The van der Waals surface area contributed by atoms with Gasteiger partial charge in [0.05, 0.1) is 5.56 Å². The van der Waals surface area contributed by atoms with Gasteiger partial charge in [-0.25, -0.2) is 9.80 Å². The monoisotopic (exact) mass is 417 g/mol. The van der Waals surface area contributed by atoms with Gasteiger partial charge in [-0.05, 0) is 42.0 Å². The van der Waals surface area contributed by atoms with Crippen LogP contribution in [0.25, 0.3) is 0 Å². The van der Waals surface area contributed by atoms with Gasteiger partial charge >= 0.3 is 5.97 Å². The Morgan fingerprint density at radius 1 is 1.14 bits per heavy atom. The third-order valence-electron chi connectivity index (χ3n) is 3.68. The summed E-state index contributed by atoms with van der Waals surface area (Å²) in [6.07, 6.45) is 0. The third-order valence-corrected chi connectivity index (χ3v) is 5.04. The van der Waals surface area contributed by atoms with Crippen LogP contribution >= 0.6 is 23.4 Å². The molecule has 1 aliphatic rings. The van der Waals surface area contributed by atoms with Crippen LogP contribution in [0.5, 0.6) is 5.75 Å². The van der Waals surface area contributed by atoms with E-state index in [0.717, 1.165) is 0 Å². The van der Waals surface area contributed by atoms with Crippen LogP contribution in [0.15, 0.2) is 53.6 Å².